The first-order chi connectivity index (χ1) is 6.25. The van der Waals surface area contributed by atoms with E-state index in [0.717, 1.165) is 6.07 Å². The van der Waals surface area contributed by atoms with E-state index in [1.807, 2.05) is 0 Å². The molecule has 72 valence electrons. The highest BCUT2D eigenvalue weighted by atomic mass is 19.2. The van der Waals surface area contributed by atoms with Crippen molar-refractivity contribution < 1.29 is 13.9 Å². The van der Waals surface area contributed by atoms with Crippen molar-refractivity contribution in [2.24, 2.45) is 0 Å². The van der Waals surface area contributed by atoms with Gasteiger partial charge >= 0.3 is 0 Å². The Morgan fingerprint density at radius 3 is 2.77 bits per heavy atom. The average molecular weight is 187 g/mol. The lowest BCUT2D eigenvalue weighted by Crippen LogP contribution is -2.18. The van der Waals surface area contributed by atoms with E-state index in [0.29, 0.717) is 6.54 Å². The zero-order valence-corrected chi connectivity index (χ0v) is 7.06. The number of aliphatic hydroxyl groups excluding tert-OH is 1. The van der Waals surface area contributed by atoms with Crippen molar-refractivity contribution in [2.75, 3.05) is 13.2 Å². The highest BCUT2D eigenvalue weighted by Gasteiger charge is 2.05. The van der Waals surface area contributed by atoms with Crippen molar-refractivity contribution in [1.29, 1.82) is 0 Å². The number of aliphatic hydroxyl groups is 1. The van der Waals surface area contributed by atoms with E-state index in [9.17, 15) is 8.78 Å². The summed E-state index contributed by atoms with van der Waals surface area (Å²) in [4.78, 5) is 0. The minimum Gasteiger partial charge on any atom is -0.395 e. The molecular formula is C9H11F2NO. The van der Waals surface area contributed by atoms with Crippen LogP contribution >= 0.6 is 0 Å². The predicted octanol–water partition coefficient (Wildman–Crippen LogP) is 1.05. The molecule has 1 rings (SSSR count). The fraction of sp³-hybridized carbons (Fsp3) is 0.333. The predicted molar refractivity (Wildman–Crippen MR) is 45.2 cm³/mol. The van der Waals surface area contributed by atoms with Gasteiger partial charge in [-0.3, -0.25) is 0 Å². The van der Waals surface area contributed by atoms with Crippen molar-refractivity contribution in [3.05, 3.63) is 35.4 Å². The molecule has 0 atom stereocenters. The fourth-order valence-electron chi connectivity index (χ4n) is 0.987. The van der Waals surface area contributed by atoms with E-state index in [4.69, 9.17) is 5.11 Å². The monoisotopic (exact) mass is 187 g/mol. The molecule has 1 aromatic rings. The zero-order chi connectivity index (χ0) is 9.68. The van der Waals surface area contributed by atoms with Crippen LogP contribution in [0.3, 0.4) is 0 Å². The minimum absolute atomic E-state index is 0.0169. The molecule has 1 aromatic carbocycles. The molecule has 2 N–H and O–H groups in total. The van der Waals surface area contributed by atoms with E-state index in [1.165, 1.54) is 12.1 Å². The van der Waals surface area contributed by atoms with Crippen LogP contribution in [0.25, 0.3) is 0 Å². The summed E-state index contributed by atoms with van der Waals surface area (Å²) in [7, 11) is 0. The largest absolute Gasteiger partial charge is 0.395 e. The first-order valence-corrected chi connectivity index (χ1v) is 4.00. The number of nitrogens with one attached hydrogen (secondary N) is 1. The van der Waals surface area contributed by atoms with Gasteiger partial charge in [0, 0.05) is 18.7 Å². The Kier molecular flexibility index (Phi) is 3.79. The molecule has 0 saturated carbocycles. The van der Waals surface area contributed by atoms with Gasteiger partial charge in [-0.2, -0.15) is 0 Å². The van der Waals surface area contributed by atoms with Crippen molar-refractivity contribution in [2.45, 2.75) is 6.54 Å². The van der Waals surface area contributed by atoms with Crippen LogP contribution in [0.15, 0.2) is 18.2 Å². The maximum Gasteiger partial charge on any atom is 0.163 e. The summed E-state index contributed by atoms with van der Waals surface area (Å²) in [6.07, 6.45) is 0. The molecule has 0 saturated heterocycles. The van der Waals surface area contributed by atoms with Crippen molar-refractivity contribution in [3.8, 4) is 0 Å². The summed E-state index contributed by atoms with van der Waals surface area (Å²) in [6, 6.07) is 4.03. The molecule has 0 fully saturated rings. The van der Waals surface area contributed by atoms with E-state index in [-0.39, 0.29) is 18.7 Å². The van der Waals surface area contributed by atoms with Gasteiger partial charge in [0.25, 0.3) is 0 Å². The Balaban J connectivity index is 2.61. The Labute approximate surface area is 75.2 Å². The zero-order valence-electron chi connectivity index (χ0n) is 7.06. The lowest BCUT2D eigenvalue weighted by atomic mass is 10.2. The molecule has 0 radical (unpaired) electrons. The summed E-state index contributed by atoms with van der Waals surface area (Å²) in [6.45, 7) is 0.580. The Hall–Kier alpha value is -1.00. The smallest absolute Gasteiger partial charge is 0.163 e. The van der Waals surface area contributed by atoms with Crippen LogP contribution in [0.1, 0.15) is 5.56 Å². The van der Waals surface area contributed by atoms with Gasteiger partial charge in [-0.25, -0.2) is 8.78 Å². The van der Waals surface area contributed by atoms with E-state index < -0.39 is 11.6 Å². The fourth-order valence-corrected chi connectivity index (χ4v) is 0.987. The van der Waals surface area contributed by atoms with Crippen LogP contribution in [0.5, 0.6) is 0 Å². The first-order valence-electron chi connectivity index (χ1n) is 4.00. The third kappa shape index (κ3) is 2.75. The summed E-state index contributed by atoms with van der Waals surface area (Å²) >= 11 is 0. The molecule has 0 heterocycles. The van der Waals surface area contributed by atoms with E-state index in [2.05, 4.69) is 5.32 Å². The second-order valence-corrected chi connectivity index (χ2v) is 2.61. The minimum atomic E-state index is -0.844. The molecule has 0 unspecified atom stereocenters. The van der Waals surface area contributed by atoms with Crippen LogP contribution < -0.4 is 5.32 Å². The number of halogens is 2. The quantitative estimate of drug-likeness (QED) is 0.690. The number of hydrogen-bond donors (Lipinski definition) is 2. The highest BCUT2D eigenvalue weighted by molar-refractivity contribution is 5.18. The molecule has 0 bridgehead atoms. The van der Waals surface area contributed by atoms with Crippen LogP contribution in [0.2, 0.25) is 0 Å². The van der Waals surface area contributed by atoms with Gasteiger partial charge in [0.1, 0.15) is 0 Å². The Morgan fingerprint density at radius 2 is 2.08 bits per heavy atom. The second kappa shape index (κ2) is 4.89. The molecular weight excluding hydrogens is 176 g/mol. The highest BCUT2D eigenvalue weighted by Crippen LogP contribution is 2.10. The van der Waals surface area contributed by atoms with Crippen LogP contribution in [0.4, 0.5) is 8.78 Å². The molecule has 0 aliphatic heterocycles. The van der Waals surface area contributed by atoms with E-state index in [1.54, 1.807) is 0 Å². The number of rotatable bonds is 4. The lowest BCUT2D eigenvalue weighted by molar-refractivity contribution is 0.291. The van der Waals surface area contributed by atoms with Gasteiger partial charge in [0.2, 0.25) is 0 Å². The van der Waals surface area contributed by atoms with Gasteiger partial charge in [0.15, 0.2) is 11.6 Å². The SMILES string of the molecule is OCCNCc1cccc(F)c1F. The van der Waals surface area contributed by atoms with Gasteiger partial charge in [-0.05, 0) is 6.07 Å². The topological polar surface area (TPSA) is 32.3 Å². The van der Waals surface area contributed by atoms with Gasteiger partial charge in [-0.1, -0.05) is 12.1 Å². The molecule has 2 nitrogen and oxygen atoms in total. The maximum absolute atomic E-state index is 13.0. The summed E-state index contributed by atoms with van der Waals surface area (Å²) in [5, 5.41) is 11.2. The molecule has 0 aliphatic rings. The molecule has 13 heavy (non-hydrogen) atoms. The lowest BCUT2D eigenvalue weighted by Gasteiger charge is -2.04. The molecule has 0 amide bonds. The van der Waals surface area contributed by atoms with Gasteiger partial charge < -0.3 is 10.4 Å². The van der Waals surface area contributed by atoms with Crippen molar-refractivity contribution in [1.82, 2.24) is 5.32 Å². The maximum atomic E-state index is 13.0. The Bertz CT molecular complexity index is 278. The summed E-state index contributed by atoms with van der Waals surface area (Å²) in [5.74, 6) is -1.67. The molecule has 4 heteroatoms. The number of benzene rings is 1. The van der Waals surface area contributed by atoms with E-state index >= 15 is 0 Å². The molecule has 0 spiro atoms. The normalized spacial score (nSPS) is 10.4. The molecule has 0 aliphatic carbocycles. The standard InChI is InChI=1S/C9H11F2NO/c10-8-3-1-2-7(9(8)11)6-12-4-5-13/h1-3,12-13H,4-6H2. The van der Waals surface area contributed by atoms with Crippen LogP contribution in [-0.4, -0.2) is 18.3 Å². The summed E-state index contributed by atoms with van der Waals surface area (Å²) < 4.78 is 25.6. The van der Waals surface area contributed by atoms with Crippen molar-refractivity contribution >= 4 is 0 Å². The number of hydrogen-bond acceptors (Lipinski definition) is 2. The molecule has 0 aromatic heterocycles. The third-order valence-corrected chi connectivity index (χ3v) is 1.64. The van der Waals surface area contributed by atoms with Crippen LogP contribution in [0, 0.1) is 11.6 Å². The summed E-state index contributed by atoms with van der Waals surface area (Å²) in [5.41, 5.74) is 0.272. The Morgan fingerprint density at radius 1 is 1.31 bits per heavy atom. The third-order valence-electron chi connectivity index (χ3n) is 1.64. The van der Waals surface area contributed by atoms with Gasteiger partial charge in [-0.15, -0.1) is 0 Å². The second-order valence-electron chi connectivity index (χ2n) is 2.61. The van der Waals surface area contributed by atoms with Crippen LogP contribution in [-0.2, 0) is 6.54 Å². The van der Waals surface area contributed by atoms with Gasteiger partial charge in [0.05, 0.1) is 6.61 Å². The average Bonchev–Trinajstić information content (AvgIpc) is 2.13. The first kappa shape index (κ1) is 10.1. The van der Waals surface area contributed by atoms with Crippen molar-refractivity contribution in [3.63, 3.8) is 0 Å².